The van der Waals surface area contributed by atoms with Crippen LogP contribution in [0.15, 0.2) is 23.1 Å². The Kier molecular flexibility index (Phi) is 3.51. The highest BCUT2D eigenvalue weighted by atomic mass is 32.2. The highest BCUT2D eigenvalue weighted by molar-refractivity contribution is 7.89. The average Bonchev–Trinajstić information content (AvgIpc) is 2.28. The number of benzene rings is 1. The molecule has 0 spiro atoms. The van der Waals surface area contributed by atoms with Crippen LogP contribution in [0.2, 0.25) is 0 Å². The second-order valence-electron chi connectivity index (χ2n) is 2.64. The van der Waals surface area contributed by atoms with Crippen molar-refractivity contribution in [2.75, 3.05) is 14.2 Å². The van der Waals surface area contributed by atoms with Gasteiger partial charge in [-0.25, -0.2) is 8.42 Å². The summed E-state index contributed by atoms with van der Waals surface area (Å²) in [6.45, 7) is 0. The molecule has 0 atom stereocenters. The Balaban J connectivity index is 3.36. The van der Waals surface area contributed by atoms with E-state index < -0.39 is 10.0 Å². The Morgan fingerprint density at radius 3 is 2.40 bits per heavy atom. The molecular weight excluding hydrogens is 220 g/mol. The molecule has 15 heavy (non-hydrogen) atoms. The number of nitrogens with two attached hydrogens (primary N) is 1. The van der Waals surface area contributed by atoms with Crippen molar-refractivity contribution < 1.29 is 17.9 Å². The number of hydrogen-bond donors (Lipinski definition) is 2. The molecule has 0 unspecified atom stereocenters. The fraction of sp³-hybridized carbons (Fsp3) is 0.250. The molecule has 3 N–H and O–H groups in total. The Morgan fingerprint density at radius 1 is 1.27 bits per heavy atom. The van der Waals surface area contributed by atoms with Crippen LogP contribution in [-0.2, 0) is 10.0 Å². The van der Waals surface area contributed by atoms with Crippen LogP contribution in [0.3, 0.4) is 0 Å². The fourth-order valence-corrected chi connectivity index (χ4v) is 1.87. The van der Waals surface area contributed by atoms with Crippen LogP contribution < -0.4 is 20.1 Å². The zero-order valence-electron chi connectivity index (χ0n) is 8.35. The van der Waals surface area contributed by atoms with Crippen molar-refractivity contribution in [1.82, 2.24) is 4.83 Å². The van der Waals surface area contributed by atoms with E-state index >= 15 is 0 Å². The third-order valence-electron chi connectivity index (χ3n) is 1.82. The molecule has 0 radical (unpaired) electrons. The quantitative estimate of drug-likeness (QED) is 0.556. The summed E-state index contributed by atoms with van der Waals surface area (Å²) in [5, 5.41) is 0. The van der Waals surface area contributed by atoms with E-state index in [1.165, 1.54) is 26.4 Å². The van der Waals surface area contributed by atoms with Gasteiger partial charge in [0.05, 0.1) is 14.2 Å². The van der Waals surface area contributed by atoms with Gasteiger partial charge in [-0.05, 0) is 12.1 Å². The lowest BCUT2D eigenvalue weighted by Gasteiger charge is -2.09. The summed E-state index contributed by atoms with van der Waals surface area (Å²) in [6, 6.07) is 4.41. The number of nitrogens with one attached hydrogen (secondary N) is 1. The van der Waals surface area contributed by atoms with Crippen LogP contribution in [0.25, 0.3) is 0 Å². The van der Waals surface area contributed by atoms with E-state index in [1.807, 2.05) is 0 Å². The molecule has 0 amide bonds. The molecule has 84 valence electrons. The molecule has 0 aliphatic heterocycles. The summed E-state index contributed by atoms with van der Waals surface area (Å²) in [5.41, 5.74) is 0. The average molecular weight is 232 g/mol. The lowest BCUT2D eigenvalue weighted by molar-refractivity contribution is 0.392. The Labute approximate surface area is 88.0 Å². The minimum atomic E-state index is -3.75. The summed E-state index contributed by atoms with van der Waals surface area (Å²) >= 11 is 0. The highest BCUT2D eigenvalue weighted by Crippen LogP contribution is 2.27. The summed E-state index contributed by atoms with van der Waals surface area (Å²) < 4.78 is 32.8. The molecule has 1 aromatic carbocycles. The third-order valence-corrected chi connectivity index (χ3v) is 3.02. The first-order chi connectivity index (χ1) is 7.05. The van der Waals surface area contributed by atoms with Crippen LogP contribution >= 0.6 is 0 Å². The number of methoxy groups -OCH3 is 2. The number of sulfonamides is 1. The smallest absolute Gasteiger partial charge is 0.256 e. The normalized spacial score (nSPS) is 11.1. The Hall–Kier alpha value is -1.31. The Morgan fingerprint density at radius 2 is 1.93 bits per heavy atom. The van der Waals surface area contributed by atoms with Crippen LogP contribution in [0.5, 0.6) is 11.5 Å². The Bertz CT molecular complexity index is 444. The van der Waals surface area contributed by atoms with Gasteiger partial charge >= 0.3 is 0 Å². The molecule has 0 bridgehead atoms. The lowest BCUT2D eigenvalue weighted by Crippen LogP contribution is -2.30. The second-order valence-corrected chi connectivity index (χ2v) is 4.32. The molecule has 7 heteroatoms. The monoisotopic (exact) mass is 232 g/mol. The maximum absolute atomic E-state index is 11.5. The first kappa shape index (κ1) is 11.8. The molecule has 0 aromatic heterocycles. The molecular formula is C8H12N2O4S. The summed E-state index contributed by atoms with van der Waals surface area (Å²) in [7, 11) is -0.940. The van der Waals surface area contributed by atoms with Crippen molar-refractivity contribution in [1.29, 1.82) is 0 Å². The molecule has 0 saturated heterocycles. The van der Waals surface area contributed by atoms with Gasteiger partial charge in [-0.15, -0.1) is 4.83 Å². The summed E-state index contributed by atoms with van der Waals surface area (Å²) in [4.78, 5) is 1.66. The topological polar surface area (TPSA) is 90.6 Å². The highest BCUT2D eigenvalue weighted by Gasteiger charge is 2.18. The van der Waals surface area contributed by atoms with Crippen LogP contribution in [0, 0.1) is 0 Å². The van der Waals surface area contributed by atoms with Gasteiger partial charge in [-0.3, -0.25) is 5.84 Å². The fourth-order valence-electron chi connectivity index (χ4n) is 1.06. The number of hydrogen-bond acceptors (Lipinski definition) is 5. The number of rotatable bonds is 4. The van der Waals surface area contributed by atoms with Crippen molar-refractivity contribution in [2.24, 2.45) is 5.84 Å². The first-order valence-corrected chi connectivity index (χ1v) is 5.48. The third kappa shape index (κ3) is 2.38. The standard InChI is InChI=1S/C8H12N2O4S/c1-13-6-3-4-7(14-2)8(5-6)15(11,12)10-9/h3-5,10H,9H2,1-2H3. The van der Waals surface area contributed by atoms with E-state index in [1.54, 1.807) is 10.9 Å². The summed E-state index contributed by atoms with van der Waals surface area (Å²) in [6.07, 6.45) is 0. The molecule has 6 nitrogen and oxygen atoms in total. The SMILES string of the molecule is COc1ccc(OC)c(S(=O)(=O)NN)c1. The molecule has 0 heterocycles. The van der Waals surface area contributed by atoms with E-state index in [4.69, 9.17) is 15.3 Å². The predicted molar refractivity (Wildman–Crippen MR) is 54.1 cm³/mol. The van der Waals surface area contributed by atoms with E-state index in [2.05, 4.69) is 0 Å². The minimum absolute atomic E-state index is 0.0631. The largest absolute Gasteiger partial charge is 0.497 e. The van der Waals surface area contributed by atoms with Gasteiger partial charge in [0, 0.05) is 6.07 Å². The molecule has 0 saturated carbocycles. The van der Waals surface area contributed by atoms with Gasteiger partial charge in [-0.1, -0.05) is 0 Å². The maximum atomic E-state index is 11.5. The van der Waals surface area contributed by atoms with Gasteiger partial charge in [0.1, 0.15) is 16.4 Å². The zero-order valence-corrected chi connectivity index (χ0v) is 9.17. The molecule has 1 aromatic rings. The summed E-state index contributed by atoms with van der Waals surface area (Å²) in [5.74, 6) is 5.53. The predicted octanol–water partition coefficient (Wildman–Crippen LogP) is -0.144. The van der Waals surface area contributed by atoms with E-state index in [0.29, 0.717) is 5.75 Å². The van der Waals surface area contributed by atoms with Crippen LogP contribution in [-0.4, -0.2) is 22.6 Å². The molecule has 0 aliphatic carbocycles. The van der Waals surface area contributed by atoms with Gasteiger partial charge in [0.15, 0.2) is 0 Å². The van der Waals surface area contributed by atoms with Gasteiger partial charge in [-0.2, -0.15) is 0 Å². The van der Waals surface area contributed by atoms with Gasteiger partial charge in [0.25, 0.3) is 10.0 Å². The number of hydrazine groups is 1. The van der Waals surface area contributed by atoms with Crippen molar-refractivity contribution in [3.8, 4) is 11.5 Å². The first-order valence-electron chi connectivity index (χ1n) is 3.99. The molecule has 0 fully saturated rings. The van der Waals surface area contributed by atoms with Crippen molar-refractivity contribution in [2.45, 2.75) is 4.90 Å². The number of ether oxygens (including phenoxy) is 2. The minimum Gasteiger partial charge on any atom is -0.497 e. The van der Waals surface area contributed by atoms with E-state index in [0.717, 1.165) is 0 Å². The van der Waals surface area contributed by atoms with Crippen molar-refractivity contribution in [3.05, 3.63) is 18.2 Å². The van der Waals surface area contributed by atoms with Gasteiger partial charge in [0.2, 0.25) is 0 Å². The van der Waals surface area contributed by atoms with Crippen molar-refractivity contribution in [3.63, 3.8) is 0 Å². The van der Waals surface area contributed by atoms with Gasteiger partial charge < -0.3 is 9.47 Å². The maximum Gasteiger partial charge on any atom is 0.256 e. The zero-order chi connectivity index (χ0) is 11.5. The van der Waals surface area contributed by atoms with Crippen LogP contribution in [0.4, 0.5) is 0 Å². The molecule has 0 aliphatic rings. The lowest BCUT2D eigenvalue weighted by atomic mass is 10.3. The van der Waals surface area contributed by atoms with Crippen LogP contribution in [0.1, 0.15) is 0 Å². The van der Waals surface area contributed by atoms with E-state index in [9.17, 15) is 8.42 Å². The molecule has 1 rings (SSSR count). The van der Waals surface area contributed by atoms with Crippen molar-refractivity contribution >= 4 is 10.0 Å². The van der Waals surface area contributed by atoms with E-state index in [-0.39, 0.29) is 10.6 Å². The second kappa shape index (κ2) is 4.47.